The van der Waals surface area contributed by atoms with Gasteiger partial charge in [-0.2, -0.15) is 0 Å². The van der Waals surface area contributed by atoms with Gasteiger partial charge < -0.3 is 10.1 Å². The molecule has 0 aliphatic rings. The summed E-state index contributed by atoms with van der Waals surface area (Å²) < 4.78 is 5.48. The number of carbonyl (C=O) groups is 1. The van der Waals surface area contributed by atoms with E-state index in [0.717, 1.165) is 5.56 Å². The van der Waals surface area contributed by atoms with Gasteiger partial charge in [-0.1, -0.05) is 13.8 Å². The largest absolute Gasteiger partial charge is 0.368 e. The molecule has 0 bridgehead atoms. The van der Waals surface area contributed by atoms with Gasteiger partial charge in [-0.15, -0.1) is 0 Å². The minimum Gasteiger partial charge on any atom is -0.368 e. The predicted octanol–water partition coefficient (Wildman–Crippen LogP) is 2.32. The van der Waals surface area contributed by atoms with Crippen LogP contribution in [0.4, 0.5) is 0 Å². The van der Waals surface area contributed by atoms with Gasteiger partial charge in [0.05, 0.1) is 6.04 Å². The average molecular weight is 250 g/mol. The standard InChI is InChI=1S/C14H22N2O2/c1-10(2)9-18-12(4)14(17)16-11(3)13-5-7-15-8-6-13/h5-8,10-12H,9H2,1-4H3,(H,16,17)/t11-,12-/m0/s1. The Morgan fingerprint density at radius 3 is 2.44 bits per heavy atom. The Morgan fingerprint density at radius 1 is 1.28 bits per heavy atom. The van der Waals surface area contributed by atoms with Gasteiger partial charge in [0.1, 0.15) is 6.10 Å². The molecule has 0 saturated carbocycles. The van der Waals surface area contributed by atoms with Crippen molar-refractivity contribution >= 4 is 5.91 Å². The van der Waals surface area contributed by atoms with Crippen LogP contribution >= 0.6 is 0 Å². The first-order valence-corrected chi connectivity index (χ1v) is 6.32. The zero-order chi connectivity index (χ0) is 13.5. The first-order chi connectivity index (χ1) is 8.50. The van der Waals surface area contributed by atoms with Crippen LogP contribution in [0, 0.1) is 5.92 Å². The summed E-state index contributed by atoms with van der Waals surface area (Å²) in [6.45, 7) is 8.44. The Hall–Kier alpha value is -1.42. The molecular formula is C14H22N2O2. The summed E-state index contributed by atoms with van der Waals surface area (Å²) >= 11 is 0. The smallest absolute Gasteiger partial charge is 0.249 e. The molecule has 0 aliphatic heterocycles. The fraction of sp³-hybridized carbons (Fsp3) is 0.571. The second kappa shape index (κ2) is 7.11. The Balaban J connectivity index is 2.44. The number of hydrogen-bond donors (Lipinski definition) is 1. The number of nitrogens with zero attached hydrogens (tertiary/aromatic N) is 1. The molecule has 0 aliphatic carbocycles. The topological polar surface area (TPSA) is 51.2 Å². The van der Waals surface area contributed by atoms with E-state index in [0.29, 0.717) is 12.5 Å². The molecule has 18 heavy (non-hydrogen) atoms. The van der Waals surface area contributed by atoms with Gasteiger partial charge in [0.2, 0.25) is 5.91 Å². The molecule has 100 valence electrons. The van der Waals surface area contributed by atoms with Crippen molar-refractivity contribution in [1.29, 1.82) is 0 Å². The maximum Gasteiger partial charge on any atom is 0.249 e. The van der Waals surface area contributed by atoms with Crippen molar-refractivity contribution in [2.24, 2.45) is 5.92 Å². The van der Waals surface area contributed by atoms with E-state index >= 15 is 0 Å². The summed E-state index contributed by atoms with van der Waals surface area (Å²) in [7, 11) is 0. The van der Waals surface area contributed by atoms with Crippen LogP contribution in [0.3, 0.4) is 0 Å². The Morgan fingerprint density at radius 2 is 1.89 bits per heavy atom. The lowest BCUT2D eigenvalue weighted by atomic mass is 10.1. The van der Waals surface area contributed by atoms with Gasteiger partial charge in [0.15, 0.2) is 0 Å². The summed E-state index contributed by atoms with van der Waals surface area (Å²) in [5, 5.41) is 2.93. The predicted molar refractivity (Wildman–Crippen MR) is 71.0 cm³/mol. The van der Waals surface area contributed by atoms with Crippen LogP contribution in [0.1, 0.15) is 39.3 Å². The van der Waals surface area contributed by atoms with E-state index in [1.807, 2.05) is 19.1 Å². The van der Waals surface area contributed by atoms with E-state index < -0.39 is 6.10 Å². The molecule has 4 heteroatoms. The van der Waals surface area contributed by atoms with Crippen LogP contribution in [0.15, 0.2) is 24.5 Å². The zero-order valence-corrected chi connectivity index (χ0v) is 11.5. The maximum absolute atomic E-state index is 11.9. The Bertz CT molecular complexity index is 365. The third-order valence-electron chi connectivity index (χ3n) is 2.61. The van der Waals surface area contributed by atoms with Crippen molar-refractivity contribution in [1.82, 2.24) is 10.3 Å². The van der Waals surface area contributed by atoms with Crippen molar-refractivity contribution in [3.63, 3.8) is 0 Å². The van der Waals surface area contributed by atoms with Crippen LogP contribution in [0.25, 0.3) is 0 Å². The fourth-order valence-corrected chi connectivity index (χ4v) is 1.48. The molecule has 2 atom stereocenters. The summed E-state index contributed by atoms with van der Waals surface area (Å²) in [4.78, 5) is 15.8. The second-order valence-electron chi connectivity index (χ2n) is 4.88. The number of nitrogens with one attached hydrogen (secondary N) is 1. The first kappa shape index (κ1) is 14.6. The molecule has 0 spiro atoms. The highest BCUT2D eigenvalue weighted by Gasteiger charge is 2.16. The van der Waals surface area contributed by atoms with Crippen LogP contribution in [0.2, 0.25) is 0 Å². The van der Waals surface area contributed by atoms with Crippen molar-refractivity contribution < 1.29 is 9.53 Å². The highest BCUT2D eigenvalue weighted by Crippen LogP contribution is 2.10. The molecule has 0 radical (unpaired) electrons. The Labute approximate surface area is 109 Å². The molecule has 1 aromatic heterocycles. The number of aromatic nitrogens is 1. The van der Waals surface area contributed by atoms with Crippen LogP contribution in [-0.2, 0) is 9.53 Å². The normalized spacial score (nSPS) is 14.3. The third kappa shape index (κ3) is 4.84. The highest BCUT2D eigenvalue weighted by atomic mass is 16.5. The van der Waals surface area contributed by atoms with Crippen LogP contribution in [-0.4, -0.2) is 23.6 Å². The molecule has 0 unspecified atom stereocenters. The molecule has 1 N–H and O–H groups in total. The van der Waals surface area contributed by atoms with Gasteiger partial charge in [-0.25, -0.2) is 0 Å². The van der Waals surface area contributed by atoms with E-state index in [-0.39, 0.29) is 11.9 Å². The minimum absolute atomic E-state index is 0.0365. The number of carbonyl (C=O) groups excluding carboxylic acids is 1. The number of amides is 1. The number of pyridine rings is 1. The van der Waals surface area contributed by atoms with Crippen LogP contribution in [0.5, 0.6) is 0 Å². The van der Waals surface area contributed by atoms with Crippen molar-refractivity contribution in [3.05, 3.63) is 30.1 Å². The van der Waals surface area contributed by atoms with Crippen molar-refractivity contribution in [2.45, 2.75) is 39.8 Å². The summed E-state index contributed by atoms with van der Waals surface area (Å²) in [5.74, 6) is 0.345. The van der Waals surface area contributed by atoms with Crippen molar-refractivity contribution in [2.75, 3.05) is 6.61 Å². The summed E-state index contributed by atoms with van der Waals surface area (Å²) in [6, 6.07) is 3.75. The minimum atomic E-state index is -0.420. The van der Waals surface area contributed by atoms with Gasteiger partial charge in [0, 0.05) is 19.0 Å². The highest BCUT2D eigenvalue weighted by molar-refractivity contribution is 5.80. The monoisotopic (exact) mass is 250 g/mol. The molecule has 1 rings (SSSR count). The summed E-state index contributed by atoms with van der Waals surface area (Å²) in [6.07, 6.45) is 3.02. The SMILES string of the molecule is CC(C)CO[C@@H](C)C(=O)N[C@@H](C)c1ccncc1. The van der Waals surface area contributed by atoms with Gasteiger partial charge in [0.25, 0.3) is 0 Å². The molecule has 1 amide bonds. The maximum atomic E-state index is 11.9. The molecule has 1 heterocycles. The number of hydrogen-bond acceptors (Lipinski definition) is 3. The van der Waals surface area contributed by atoms with E-state index in [9.17, 15) is 4.79 Å². The molecule has 0 fully saturated rings. The number of ether oxygens (including phenoxy) is 1. The number of rotatable bonds is 6. The molecule has 0 aromatic carbocycles. The van der Waals surface area contributed by atoms with E-state index in [2.05, 4.69) is 24.1 Å². The molecule has 0 saturated heterocycles. The molecule has 1 aromatic rings. The lowest BCUT2D eigenvalue weighted by Crippen LogP contribution is -2.36. The van der Waals surface area contributed by atoms with Gasteiger partial charge in [-0.3, -0.25) is 9.78 Å². The fourth-order valence-electron chi connectivity index (χ4n) is 1.48. The Kier molecular flexibility index (Phi) is 5.78. The average Bonchev–Trinajstić information content (AvgIpc) is 2.36. The first-order valence-electron chi connectivity index (χ1n) is 6.32. The summed E-state index contributed by atoms with van der Waals surface area (Å²) in [5.41, 5.74) is 1.04. The molecular weight excluding hydrogens is 228 g/mol. The second-order valence-corrected chi connectivity index (χ2v) is 4.88. The van der Waals surface area contributed by atoms with Crippen molar-refractivity contribution in [3.8, 4) is 0 Å². The van der Waals surface area contributed by atoms with E-state index in [4.69, 9.17) is 4.74 Å². The van der Waals surface area contributed by atoms with Gasteiger partial charge >= 0.3 is 0 Å². The van der Waals surface area contributed by atoms with Crippen LogP contribution < -0.4 is 5.32 Å². The third-order valence-corrected chi connectivity index (χ3v) is 2.61. The van der Waals surface area contributed by atoms with E-state index in [1.54, 1.807) is 19.3 Å². The molecule has 4 nitrogen and oxygen atoms in total. The quantitative estimate of drug-likeness (QED) is 0.843. The van der Waals surface area contributed by atoms with Gasteiger partial charge in [-0.05, 0) is 37.5 Å². The van der Waals surface area contributed by atoms with E-state index in [1.165, 1.54) is 0 Å². The zero-order valence-electron chi connectivity index (χ0n) is 11.5. The lowest BCUT2D eigenvalue weighted by molar-refractivity contribution is -0.133. The lowest BCUT2D eigenvalue weighted by Gasteiger charge is -2.19.